The Morgan fingerprint density at radius 3 is 2.40 bits per heavy atom. The van der Waals surface area contributed by atoms with Gasteiger partial charge in [-0.2, -0.15) is 0 Å². The van der Waals surface area contributed by atoms with Crippen molar-refractivity contribution in [1.82, 2.24) is 15.2 Å². The minimum Gasteiger partial charge on any atom is -0.403 e. The number of halogens is 1. The first kappa shape index (κ1) is 19.1. The van der Waals surface area contributed by atoms with Gasteiger partial charge in [-0.05, 0) is 61.0 Å². The molecular weight excluding hydrogens is 387 g/mol. The topological polar surface area (TPSA) is 105 Å². The minimum atomic E-state index is -0.450. The molecule has 0 fully saturated rings. The summed E-state index contributed by atoms with van der Waals surface area (Å²) in [7, 11) is 0. The van der Waals surface area contributed by atoms with Crippen LogP contribution in [0.3, 0.4) is 0 Å². The summed E-state index contributed by atoms with van der Waals surface area (Å²) in [6.45, 7) is 1.91. The lowest BCUT2D eigenvalue weighted by molar-refractivity contribution is 0.262. The number of hydrogen-bond donors (Lipinski definition) is 3. The number of hydrogen-bond acceptors (Lipinski definition) is 6. The zero-order valence-electron chi connectivity index (χ0n) is 15.9. The number of pyridine rings is 1. The molecule has 3 N–H and O–H groups in total. The molecule has 0 saturated carbocycles. The summed E-state index contributed by atoms with van der Waals surface area (Å²) < 4.78 is 18.6. The third-order valence-electron chi connectivity index (χ3n) is 4.19. The van der Waals surface area contributed by atoms with E-state index in [0.717, 1.165) is 11.1 Å². The second-order valence-corrected chi connectivity index (χ2v) is 6.39. The Balaban J connectivity index is 1.45. The second kappa shape index (κ2) is 8.39. The number of anilines is 4. The van der Waals surface area contributed by atoms with Crippen LogP contribution >= 0.6 is 0 Å². The van der Waals surface area contributed by atoms with Crippen LogP contribution in [0.5, 0.6) is 0 Å². The van der Waals surface area contributed by atoms with Gasteiger partial charge in [0.1, 0.15) is 5.82 Å². The third kappa shape index (κ3) is 4.58. The summed E-state index contributed by atoms with van der Waals surface area (Å²) in [5.41, 5.74) is 3.41. The number of nitrogens with one attached hydrogen (secondary N) is 3. The zero-order valence-corrected chi connectivity index (χ0v) is 15.9. The molecule has 0 spiro atoms. The number of carbonyl (C=O) groups excluding carboxylic acids is 1. The van der Waals surface area contributed by atoms with E-state index in [1.165, 1.54) is 24.3 Å². The predicted molar refractivity (Wildman–Crippen MR) is 111 cm³/mol. The maximum Gasteiger partial charge on any atom is 0.323 e. The predicted octanol–water partition coefficient (Wildman–Crippen LogP) is 4.97. The van der Waals surface area contributed by atoms with E-state index in [-0.39, 0.29) is 11.8 Å². The van der Waals surface area contributed by atoms with E-state index < -0.39 is 6.03 Å². The lowest BCUT2D eigenvalue weighted by Gasteiger charge is -2.11. The zero-order chi connectivity index (χ0) is 20.9. The molecule has 9 heteroatoms. The highest BCUT2D eigenvalue weighted by Crippen LogP contribution is 2.26. The molecule has 2 amide bonds. The van der Waals surface area contributed by atoms with E-state index in [1.54, 1.807) is 36.7 Å². The number of nitrogens with zero attached hydrogens (tertiary/aromatic N) is 3. The molecule has 30 heavy (non-hydrogen) atoms. The van der Waals surface area contributed by atoms with Gasteiger partial charge in [0.2, 0.25) is 5.89 Å². The van der Waals surface area contributed by atoms with Crippen molar-refractivity contribution < 1.29 is 13.6 Å². The van der Waals surface area contributed by atoms with Gasteiger partial charge in [-0.3, -0.25) is 4.98 Å². The standard InChI is InChI=1S/C21H17FN6O2/c1-13-2-5-17(25-20(29)24-16-6-3-15(22)4-7-16)12-18(13)26-21-28-27-19(30-21)14-8-10-23-11-9-14/h2-12H,1H3,(H,26,28)(H2,24,25,29). The van der Waals surface area contributed by atoms with Crippen molar-refractivity contribution in [3.05, 3.63) is 78.4 Å². The number of benzene rings is 2. The molecule has 0 bridgehead atoms. The molecule has 0 aliphatic carbocycles. The molecule has 0 aliphatic heterocycles. The Morgan fingerprint density at radius 1 is 0.933 bits per heavy atom. The van der Waals surface area contributed by atoms with Gasteiger partial charge in [-0.25, -0.2) is 9.18 Å². The summed E-state index contributed by atoms with van der Waals surface area (Å²) in [5.74, 6) is -0.00571. The number of aryl methyl sites for hydroxylation is 1. The first-order valence-electron chi connectivity index (χ1n) is 9.02. The first-order chi connectivity index (χ1) is 14.6. The highest BCUT2D eigenvalue weighted by Gasteiger charge is 2.11. The molecule has 0 saturated heterocycles. The maximum absolute atomic E-state index is 13.0. The highest BCUT2D eigenvalue weighted by atomic mass is 19.1. The van der Waals surface area contributed by atoms with Crippen LogP contribution in [0.25, 0.3) is 11.5 Å². The number of amides is 2. The van der Waals surface area contributed by atoms with Crippen LogP contribution in [0.15, 0.2) is 71.4 Å². The summed E-state index contributed by atoms with van der Waals surface area (Å²) in [4.78, 5) is 16.2. The van der Waals surface area contributed by atoms with E-state index in [0.29, 0.717) is 23.0 Å². The maximum atomic E-state index is 13.0. The summed E-state index contributed by atoms with van der Waals surface area (Å²) >= 11 is 0. The van der Waals surface area contributed by atoms with Gasteiger partial charge in [0.05, 0.1) is 0 Å². The fourth-order valence-corrected chi connectivity index (χ4v) is 2.66. The lowest BCUT2D eigenvalue weighted by atomic mass is 10.2. The molecule has 0 radical (unpaired) electrons. The molecule has 0 unspecified atom stereocenters. The van der Waals surface area contributed by atoms with Gasteiger partial charge in [0, 0.05) is 35.0 Å². The van der Waals surface area contributed by atoms with Crippen LogP contribution in [-0.4, -0.2) is 21.2 Å². The number of aromatic nitrogens is 3. The van der Waals surface area contributed by atoms with Crippen molar-refractivity contribution in [1.29, 1.82) is 0 Å². The SMILES string of the molecule is Cc1ccc(NC(=O)Nc2ccc(F)cc2)cc1Nc1nnc(-c2ccncc2)o1. The molecule has 0 atom stereocenters. The van der Waals surface area contributed by atoms with Crippen molar-refractivity contribution in [3.8, 4) is 11.5 Å². The molecule has 150 valence electrons. The fraction of sp³-hybridized carbons (Fsp3) is 0.0476. The molecule has 2 aromatic heterocycles. The second-order valence-electron chi connectivity index (χ2n) is 6.39. The summed E-state index contributed by atoms with van der Waals surface area (Å²) in [5, 5.41) is 16.5. The van der Waals surface area contributed by atoms with Gasteiger partial charge in [0.15, 0.2) is 0 Å². The molecule has 4 rings (SSSR count). The van der Waals surface area contributed by atoms with Crippen LogP contribution < -0.4 is 16.0 Å². The van der Waals surface area contributed by atoms with Crippen molar-refractivity contribution in [2.24, 2.45) is 0 Å². The largest absolute Gasteiger partial charge is 0.403 e. The average molecular weight is 404 g/mol. The van der Waals surface area contributed by atoms with E-state index in [4.69, 9.17) is 4.42 Å². The van der Waals surface area contributed by atoms with Gasteiger partial charge in [-0.1, -0.05) is 11.2 Å². The van der Waals surface area contributed by atoms with Gasteiger partial charge in [0.25, 0.3) is 0 Å². The summed E-state index contributed by atoms with van der Waals surface area (Å²) in [6.07, 6.45) is 3.28. The van der Waals surface area contributed by atoms with Crippen LogP contribution in [0, 0.1) is 12.7 Å². The van der Waals surface area contributed by atoms with Crippen LogP contribution in [0.1, 0.15) is 5.56 Å². The van der Waals surface area contributed by atoms with Gasteiger partial charge >= 0.3 is 12.0 Å². The van der Waals surface area contributed by atoms with Crippen molar-refractivity contribution in [2.45, 2.75) is 6.92 Å². The van der Waals surface area contributed by atoms with Crippen LogP contribution in [-0.2, 0) is 0 Å². The molecule has 8 nitrogen and oxygen atoms in total. The van der Waals surface area contributed by atoms with E-state index in [2.05, 4.69) is 31.1 Å². The van der Waals surface area contributed by atoms with Crippen LogP contribution in [0.2, 0.25) is 0 Å². The molecular formula is C21H17FN6O2. The number of urea groups is 1. The Kier molecular flexibility index (Phi) is 5.33. The minimum absolute atomic E-state index is 0.220. The van der Waals surface area contributed by atoms with Crippen molar-refractivity contribution in [2.75, 3.05) is 16.0 Å². The normalized spacial score (nSPS) is 10.5. The quantitative estimate of drug-likeness (QED) is 0.434. The van der Waals surface area contributed by atoms with Gasteiger partial charge < -0.3 is 20.4 Å². The number of rotatable bonds is 5. The monoisotopic (exact) mass is 404 g/mol. The lowest BCUT2D eigenvalue weighted by Crippen LogP contribution is -2.19. The first-order valence-corrected chi connectivity index (χ1v) is 9.02. The fourth-order valence-electron chi connectivity index (χ4n) is 2.66. The Morgan fingerprint density at radius 2 is 1.63 bits per heavy atom. The Labute approximate surface area is 171 Å². The van der Waals surface area contributed by atoms with Gasteiger partial charge in [-0.15, -0.1) is 5.10 Å². The third-order valence-corrected chi connectivity index (χ3v) is 4.19. The number of carbonyl (C=O) groups is 1. The molecule has 2 aromatic carbocycles. The van der Waals surface area contributed by atoms with Crippen LogP contribution in [0.4, 0.5) is 32.3 Å². The summed E-state index contributed by atoms with van der Waals surface area (Å²) in [6, 6.07) is 14.2. The van der Waals surface area contributed by atoms with E-state index in [9.17, 15) is 9.18 Å². The Bertz CT molecular complexity index is 1160. The average Bonchev–Trinajstić information content (AvgIpc) is 3.21. The Hall–Kier alpha value is -4.27. The van der Waals surface area contributed by atoms with Crippen molar-refractivity contribution in [3.63, 3.8) is 0 Å². The van der Waals surface area contributed by atoms with Crippen molar-refractivity contribution >= 4 is 29.1 Å². The molecule has 4 aromatic rings. The van der Waals surface area contributed by atoms with E-state index in [1.807, 2.05) is 13.0 Å². The molecule has 2 heterocycles. The smallest absolute Gasteiger partial charge is 0.323 e. The molecule has 0 aliphatic rings. The highest BCUT2D eigenvalue weighted by molar-refractivity contribution is 6.00. The van der Waals surface area contributed by atoms with E-state index >= 15 is 0 Å².